The number of carbonyl (C=O) groups is 2. The Balaban J connectivity index is 1.18. The van der Waals surface area contributed by atoms with Gasteiger partial charge >= 0.3 is 5.97 Å². The number of fused-ring (bicyclic) bond motifs is 4. The van der Waals surface area contributed by atoms with Gasteiger partial charge in [0, 0.05) is 42.9 Å². The van der Waals surface area contributed by atoms with E-state index in [9.17, 15) is 19.8 Å². The molecule has 1 saturated carbocycles. The van der Waals surface area contributed by atoms with E-state index in [1.165, 1.54) is 12.8 Å². The molecule has 1 aromatic heterocycles. The molecule has 9 nitrogen and oxygen atoms in total. The summed E-state index contributed by atoms with van der Waals surface area (Å²) in [6.07, 6.45) is 6.13. The van der Waals surface area contributed by atoms with Crippen LogP contribution in [0.15, 0.2) is 30.3 Å². The molecule has 9 heteroatoms. The summed E-state index contributed by atoms with van der Waals surface area (Å²) in [6, 6.07) is 9.41. The summed E-state index contributed by atoms with van der Waals surface area (Å²) in [5.74, 6) is 0.333. The van der Waals surface area contributed by atoms with Crippen LogP contribution in [0, 0.1) is 5.92 Å². The van der Waals surface area contributed by atoms with Crippen molar-refractivity contribution in [3.8, 4) is 11.5 Å². The number of carboxylic acids is 1. The first kappa shape index (κ1) is 26.1. The van der Waals surface area contributed by atoms with Crippen molar-refractivity contribution < 1.29 is 29.6 Å². The Morgan fingerprint density at radius 3 is 2.81 bits per heavy atom. The highest BCUT2D eigenvalue weighted by Crippen LogP contribution is 2.69. The predicted molar refractivity (Wildman–Crippen MR) is 155 cm³/mol. The van der Waals surface area contributed by atoms with Crippen LogP contribution in [0.5, 0.6) is 11.5 Å². The van der Waals surface area contributed by atoms with Gasteiger partial charge in [0.25, 0.3) is 5.91 Å². The number of phenolic OH excluding ortho intramolecular Hbond substituents is 1. The molecular formula is C33H37N3O6. The number of para-hydroxylation sites is 1. The van der Waals surface area contributed by atoms with E-state index >= 15 is 0 Å². The van der Waals surface area contributed by atoms with Crippen LogP contribution in [-0.2, 0) is 23.1 Å². The van der Waals surface area contributed by atoms with Gasteiger partial charge in [-0.15, -0.1) is 0 Å². The third kappa shape index (κ3) is 3.56. The summed E-state index contributed by atoms with van der Waals surface area (Å²) in [7, 11) is 0. The number of nitrogens with one attached hydrogen (secondary N) is 2. The Kier molecular flexibility index (Phi) is 5.73. The van der Waals surface area contributed by atoms with Gasteiger partial charge in [-0.3, -0.25) is 14.5 Å². The third-order valence-corrected chi connectivity index (χ3v) is 10.8. The number of unbranched alkanes of at least 4 members (excludes halogenated alkanes) is 2. The fourth-order valence-corrected chi connectivity index (χ4v) is 8.71. The number of aliphatic hydroxyl groups is 1. The lowest BCUT2D eigenvalue weighted by molar-refractivity contribution is -0.173. The second-order valence-electron chi connectivity index (χ2n) is 13.1. The number of aromatic nitrogens is 1. The topological polar surface area (TPSA) is 135 Å². The molecule has 3 unspecified atom stereocenters. The number of aromatic amines is 1. The van der Waals surface area contributed by atoms with Crippen LogP contribution in [0.3, 0.4) is 0 Å². The molecule has 3 heterocycles. The number of carboxylic acid groups (broad SMARTS) is 1. The molecule has 1 spiro atoms. The van der Waals surface area contributed by atoms with Crippen molar-refractivity contribution >= 4 is 22.8 Å². The second kappa shape index (κ2) is 9.22. The number of aliphatic carboxylic acids is 1. The molecule has 5 aliphatic rings. The minimum atomic E-state index is -1.08. The minimum Gasteiger partial charge on any atom is -0.504 e. The standard InChI is InChI=1S/C33H37N3O6/c37-23-11-10-19-15-24-33(41)16-22-20-5-4-6-21(31(40)34-13-3-1-2-7-25(38)39)27(20)35-28(22)30-32(33,26(19)29(23)42-30)12-14-36(24)17-18-8-9-18/h4-6,10-11,18,24,30,35,37,41H,1-3,7-9,12-17H2,(H,34,40)(H,38,39)/t24?,30?,32?,33-/m1/s1. The van der Waals surface area contributed by atoms with Crippen LogP contribution in [-0.4, -0.2) is 68.4 Å². The summed E-state index contributed by atoms with van der Waals surface area (Å²) < 4.78 is 6.68. The van der Waals surface area contributed by atoms with Crippen molar-refractivity contribution in [3.05, 3.63) is 58.3 Å². The number of amides is 1. The lowest BCUT2D eigenvalue weighted by Crippen LogP contribution is -2.74. The average Bonchev–Trinajstić information content (AvgIpc) is 3.60. The zero-order valence-corrected chi connectivity index (χ0v) is 23.6. The largest absolute Gasteiger partial charge is 0.504 e. The number of ether oxygens (including phenoxy) is 1. The second-order valence-corrected chi connectivity index (χ2v) is 13.1. The van der Waals surface area contributed by atoms with Gasteiger partial charge < -0.3 is 30.4 Å². The molecule has 3 aliphatic carbocycles. The number of likely N-dealkylation sites (tertiary alicyclic amines) is 1. The van der Waals surface area contributed by atoms with E-state index in [2.05, 4.69) is 15.2 Å². The fraction of sp³-hybridized carbons (Fsp3) is 0.515. The van der Waals surface area contributed by atoms with Gasteiger partial charge in [0.05, 0.1) is 27.8 Å². The Hall–Kier alpha value is -3.56. The highest BCUT2D eigenvalue weighted by atomic mass is 16.5. The molecule has 2 bridgehead atoms. The minimum absolute atomic E-state index is 0.0494. The Morgan fingerprint density at radius 1 is 1.14 bits per heavy atom. The van der Waals surface area contributed by atoms with Crippen LogP contribution in [0.4, 0.5) is 0 Å². The Bertz CT molecular complexity index is 1630. The van der Waals surface area contributed by atoms with Crippen molar-refractivity contribution in [2.24, 2.45) is 5.92 Å². The maximum atomic E-state index is 13.3. The molecule has 42 heavy (non-hydrogen) atoms. The lowest BCUT2D eigenvalue weighted by Gasteiger charge is -2.62. The van der Waals surface area contributed by atoms with E-state index < -0.39 is 23.1 Å². The number of carbonyl (C=O) groups excluding carboxylic acids is 1. The zero-order valence-electron chi connectivity index (χ0n) is 23.6. The summed E-state index contributed by atoms with van der Waals surface area (Å²) in [6.45, 7) is 2.36. The lowest BCUT2D eigenvalue weighted by atomic mass is 9.49. The summed E-state index contributed by atoms with van der Waals surface area (Å²) in [4.78, 5) is 30.2. The van der Waals surface area contributed by atoms with Gasteiger partial charge in [0.2, 0.25) is 0 Å². The van der Waals surface area contributed by atoms with E-state index in [0.29, 0.717) is 43.0 Å². The van der Waals surface area contributed by atoms with Crippen molar-refractivity contribution in [3.63, 3.8) is 0 Å². The van der Waals surface area contributed by atoms with E-state index in [4.69, 9.17) is 9.84 Å². The van der Waals surface area contributed by atoms with Gasteiger partial charge in [-0.1, -0.05) is 24.6 Å². The molecule has 3 aromatic rings. The Morgan fingerprint density at radius 2 is 2.00 bits per heavy atom. The number of piperidine rings is 1. The highest BCUT2D eigenvalue weighted by molar-refractivity contribution is 6.07. The average molecular weight is 572 g/mol. The highest BCUT2D eigenvalue weighted by Gasteiger charge is 2.72. The number of H-pyrrole nitrogens is 1. The first-order chi connectivity index (χ1) is 20.3. The molecule has 4 atom stereocenters. The number of aromatic hydroxyl groups is 1. The van der Waals surface area contributed by atoms with Crippen molar-refractivity contribution in [1.82, 2.24) is 15.2 Å². The maximum Gasteiger partial charge on any atom is 0.303 e. The maximum absolute atomic E-state index is 13.3. The predicted octanol–water partition coefficient (Wildman–Crippen LogP) is 3.95. The molecule has 1 amide bonds. The summed E-state index contributed by atoms with van der Waals surface area (Å²) >= 11 is 0. The van der Waals surface area contributed by atoms with Gasteiger partial charge in [-0.2, -0.15) is 0 Å². The molecule has 8 rings (SSSR count). The number of hydrogen-bond donors (Lipinski definition) is 5. The number of phenols is 1. The van der Waals surface area contributed by atoms with Crippen LogP contribution >= 0.6 is 0 Å². The van der Waals surface area contributed by atoms with Gasteiger partial charge in [-0.05, 0) is 74.2 Å². The van der Waals surface area contributed by atoms with Gasteiger partial charge in [0.15, 0.2) is 17.6 Å². The number of hydrogen-bond acceptors (Lipinski definition) is 6. The molecule has 0 radical (unpaired) electrons. The first-order valence-electron chi connectivity index (χ1n) is 15.4. The van der Waals surface area contributed by atoms with Crippen molar-refractivity contribution in [2.45, 2.75) is 80.9 Å². The van der Waals surface area contributed by atoms with Gasteiger partial charge in [0.1, 0.15) is 0 Å². The molecule has 2 aromatic carbocycles. The van der Waals surface area contributed by atoms with E-state index in [1.54, 1.807) is 6.07 Å². The van der Waals surface area contributed by atoms with Crippen LogP contribution in [0.2, 0.25) is 0 Å². The smallest absolute Gasteiger partial charge is 0.303 e. The van der Waals surface area contributed by atoms with Crippen LogP contribution in [0.25, 0.3) is 10.9 Å². The molecule has 220 valence electrons. The van der Waals surface area contributed by atoms with Crippen LogP contribution in [0.1, 0.15) is 83.8 Å². The molecule has 2 fully saturated rings. The third-order valence-electron chi connectivity index (χ3n) is 10.8. The zero-order chi connectivity index (χ0) is 28.8. The monoisotopic (exact) mass is 571 g/mol. The molecule has 1 saturated heterocycles. The number of nitrogens with zero attached hydrogens (tertiary/aromatic N) is 1. The van der Waals surface area contributed by atoms with Crippen molar-refractivity contribution in [1.29, 1.82) is 0 Å². The van der Waals surface area contributed by atoms with Gasteiger partial charge in [-0.25, -0.2) is 0 Å². The van der Waals surface area contributed by atoms with Crippen molar-refractivity contribution in [2.75, 3.05) is 19.6 Å². The first-order valence-corrected chi connectivity index (χ1v) is 15.4. The quantitative estimate of drug-likeness (QED) is 0.246. The SMILES string of the molecule is O=C(O)CCCCCNC(=O)c1cccc2c3c([nH]c12)C1Oc2c(O)ccc4c2C12CCN(CC1CC1)C(C4)[C@]2(O)C3. The number of benzene rings is 2. The number of rotatable bonds is 9. The van der Waals surface area contributed by atoms with E-state index in [-0.39, 0.29) is 24.1 Å². The molecule has 5 N–H and O–H groups in total. The Labute approximate surface area is 243 Å². The molecule has 2 aliphatic heterocycles. The van der Waals surface area contributed by atoms with Crippen LogP contribution < -0.4 is 10.1 Å². The fourth-order valence-electron chi connectivity index (χ4n) is 8.71. The normalized spacial score (nSPS) is 28.7. The van der Waals surface area contributed by atoms with E-state index in [0.717, 1.165) is 65.6 Å². The summed E-state index contributed by atoms with van der Waals surface area (Å²) in [5, 5.41) is 36.7. The van der Waals surface area contributed by atoms with E-state index in [1.807, 2.05) is 24.3 Å². The summed E-state index contributed by atoms with van der Waals surface area (Å²) in [5.41, 5.74) is 3.53. The molecular weight excluding hydrogens is 534 g/mol.